The second kappa shape index (κ2) is 10.9. The van der Waals surface area contributed by atoms with Gasteiger partial charge >= 0.3 is 0 Å². The third kappa shape index (κ3) is 5.71. The van der Waals surface area contributed by atoms with Crippen molar-refractivity contribution in [3.8, 4) is 22.6 Å². The number of hydrogen-bond acceptors (Lipinski definition) is 5. The molecule has 0 heterocycles. The third-order valence-corrected chi connectivity index (χ3v) is 7.52. The number of rotatable bonds is 8. The summed E-state index contributed by atoms with van der Waals surface area (Å²) in [6.07, 6.45) is 0. The molecule has 0 fully saturated rings. The van der Waals surface area contributed by atoms with E-state index in [2.05, 4.69) is 10.0 Å². The molecule has 0 atom stereocenters. The van der Waals surface area contributed by atoms with Gasteiger partial charge in [0, 0.05) is 22.9 Å². The molecule has 0 aliphatic heterocycles. The summed E-state index contributed by atoms with van der Waals surface area (Å²) in [7, 11) is -1.25. The number of sulfonamides is 1. The first kappa shape index (κ1) is 26.1. The van der Waals surface area contributed by atoms with Crippen molar-refractivity contribution in [1.82, 2.24) is 0 Å². The van der Waals surface area contributed by atoms with Crippen LogP contribution in [0.25, 0.3) is 11.1 Å². The Morgan fingerprint density at radius 1 is 0.811 bits per heavy atom. The Morgan fingerprint density at radius 2 is 1.49 bits per heavy atom. The average molecular weight is 537 g/mol. The van der Waals surface area contributed by atoms with Crippen molar-refractivity contribution >= 4 is 38.9 Å². The van der Waals surface area contributed by atoms with E-state index in [-0.39, 0.29) is 26.9 Å². The van der Waals surface area contributed by atoms with Crippen molar-refractivity contribution in [1.29, 1.82) is 0 Å². The van der Waals surface area contributed by atoms with Crippen molar-refractivity contribution in [3.63, 3.8) is 0 Å². The zero-order valence-corrected chi connectivity index (χ0v) is 22.0. The van der Waals surface area contributed by atoms with E-state index in [1.54, 1.807) is 25.1 Å². The fourth-order valence-corrected chi connectivity index (χ4v) is 5.40. The molecule has 4 aromatic rings. The smallest absolute Gasteiger partial charge is 0.262 e. The molecule has 9 heteroatoms. The summed E-state index contributed by atoms with van der Waals surface area (Å²) in [6.45, 7) is 1.65. The lowest BCUT2D eigenvalue weighted by Crippen LogP contribution is -2.17. The average Bonchev–Trinajstić information content (AvgIpc) is 2.89. The number of carbonyl (C=O) groups excluding carboxylic acids is 1. The van der Waals surface area contributed by atoms with E-state index >= 15 is 0 Å². The minimum atomic E-state index is -4.10. The molecule has 0 saturated heterocycles. The van der Waals surface area contributed by atoms with Gasteiger partial charge in [0.25, 0.3) is 15.9 Å². The van der Waals surface area contributed by atoms with Crippen molar-refractivity contribution in [2.24, 2.45) is 0 Å². The van der Waals surface area contributed by atoms with Crippen molar-refractivity contribution in [2.75, 3.05) is 24.3 Å². The van der Waals surface area contributed by atoms with Gasteiger partial charge in [-0.3, -0.25) is 9.52 Å². The number of carbonyl (C=O) groups is 1. The molecule has 37 heavy (non-hydrogen) atoms. The Hall–Kier alpha value is -4.01. The molecule has 0 saturated carbocycles. The van der Waals surface area contributed by atoms with Crippen LogP contribution < -0.4 is 19.5 Å². The van der Waals surface area contributed by atoms with Gasteiger partial charge in [0.05, 0.1) is 29.8 Å². The van der Waals surface area contributed by atoms with E-state index in [1.165, 1.54) is 32.4 Å². The molecule has 4 rings (SSSR count). The minimum absolute atomic E-state index is 0.0505. The summed E-state index contributed by atoms with van der Waals surface area (Å²) in [5.74, 6) is 0.130. The molecule has 190 valence electrons. The normalized spacial score (nSPS) is 11.0. The van der Waals surface area contributed by atoms with Crippen LogP contribution in [0.2, 0.25) is 5.02 Å². The van der Waals surface area contributed by atoms with Crippen molar-refractivity contribution in [3.05, 3.63) is 101 Å². The molecule has 7 nitrogen and oxygen atoms in total. The number of amides is 1. The Labute approximate surface area is 221 Å². The fraction of sp³-hybridized carbons (Fsp3) is 0.107. The van der Waals surface area contributed by atoms with E-state index in [1.807, 2.05) is 48.5 Å². The first-order chi connectivity index (χ1) is 17.7. The summed E-state index contributed by atoms with van der Waals surface area (Å²) in [5, 5.41) is 3.12. The molecule has 0 aromatic heterocycles. The van der Waals surface area contributed by atoms with Crippen LogP contribution in [-0.4, -0.2) is 28.5 Å². The molecule has 0 spiro atoms. The highest BCUT2D eigenvalue weighted by Gasteiger charge is 2.22. The number of anilines is 2. The molecular weight excluding hydrogens is 512 g/mol. The number of hydrogen-bond donors (Lipinski definition) is 2. The fourth-order valence-electron chi connectivity index (χ4n) is 3.83. The number of halogens is 1. The van der Waals surface area contributed by atoms with Crippen LogP contribution in [0.1, 0.15) is 15.9 Å². The first-order valence-electron chi connectivity index (χ1n) is 11.2. The van der Waals surface area contributed by atoms with Crippen LogP contribution in [0.15, 0.2) is 89.8 Å². The van der Waals surface area contributed by atoms with Gasteiger partial charge in [0.15, 0.2) is 0 Å². The summed E-state index contributed by atoms with van der Waals surface area (Å²) >= 11 is 6.20. The van der Waals surface area contributed by atoms with E-state index in [4.69, 9.17) is 21.1 Å². The molecule has 0 aliphatic carbocycles. The van der Waals surface area contributed by atoms with Crippen LogP contribution in [0.4, 0.5) is 11.4 Å². The van der Waals surface area contributed by atoms with Gasteiger partial charge in [-0.1, -0.05) is 66.2 Å². The predicted octanol–water partition coefficient (Wildman–Crippen LogP) is 6.39. The van der Waals surface area contributed by atoms with Crippen LogP contribution in [-0.2, 0) is 10.0 Å². The van der Waals surface area contributed by atoms with Crippen LogP contribution in [0.3, 0.4) is 0 Å². The van der Waals surface area contributed by atoms with Crippen LogP contribution in [0, 0.1) is 6.92 Å². The van der Waals surface area contributed by atoms with Gasteiger partial charge < -0.3 is 14.8 Å². The molecule has 0 aliphatic rings. The summed E-state index contributed by atoms with van der Waals surface area (Å²) in [6, 6.07) is 24.5. The highest BCUT2D eigenvalue weighted by atomic mass is 35.5. The lowest BCUT2D eigenvalue weighted by molar-refractivity contribution is 0.102. The van der Waals surface area contributed by atoms with E-state index in [9.17, 15) is 13.2 Å². The number of para-hydroxylation sites is 1. The zero-order valence-electron chi connectivity index (χ0n) is 20.4. The summed E-state index contributed by atoms with van der Waals surface area (Å²) < 4.78 is 39.7. The highest BCUT2D eigenvalue weighted by Crippen LogP contribution is 2.37. The molecule has 2 N–H and O–H groups in total. The van der Waals surface area contributed by atoms with Gasteiger partial charge in [-0.05, 0) is 42.3 Å². The number of aryl methyl sites for hydroxylation is 1. The maximum atomic E-state index is 13.4. The van der Waals surface area contributed by atoms with Crippen molar-refractivity contribution in [2.45, 2.75) is 11.8 Å². The SMILES string of the molecule is COc1cc(OC)c(NS(=O)(=O)c2cc(C(=O)Nc3ccccc3-c3ccccc3)ccc2C)cc1Cl. The van der Waals surface area contributed by atoms with Crippen molar-refractivity contribution < 1.29 is 22.7 Å². The Kier molecular flexibility index (Phi) is 7.71. The molecule has 0 unspecified atom stereocenters. The van der Waals surface area contributed by atoms with Gasteiger partial charge in [-0.15, -0.1) is 0 Å². The van der Waals surface area contributed by atoms with Gasteiger partial charge in [0.1, 0.15) is 11.5 Å². The monoisotopic (exact) mass is 536 g/mol. The zero-order chi connectivity index (χ0) is 26.6. The molecule has 0 bridgehead atoms. The number of nitrogens with one attached hydrogen (secondary N) is 2. The standard InChI is InChI=1S/C28H25ClN2O5S/c1-18-13-14-20(28(32)30-23-12-8-7-11-21(23)19-9-5-4-6-10-19)15-27(18)37(33,34)31-24-16-22(29)25(35-2)17-26(24)36-3/h4-17,31H,1-3H3,(H,30,32). The largest absolute Gasteiger partial charge is 0.495 e. The maximum Gasteiger partial charge on any atom is 0.262 e. The Morgan fingerprint density at radius 3 is 2.19 bits per heavy atom. The van der Waals surface area contributed by atoms with E-state index < -0.39 is 15.9 Å². The maximum absolute atomic E-state index is 13.4. The lowest BCUT2D eigenvalue weighted by Gasteiger charge is -2.16. The van der Waals surface area contributed by atoms with Gasteiger partial charge in [0.2, 0.25) is 0 Å². The number of benzene rings is 4. The Balaban J connectivity index is 1.65. The third-order valence-electron chi connectivity index (χ3n) is 5.72. The highest BCUT2D eigenvalue weighted by molar-refractivity contribution is 7.92. The van der Waals surface area contributed by atoms with Crippen LogP contribution in [0.5, 0.6) is 11.5 Å². The molecule has 1 amide bonds. The molecule has 0 radical (unpaired) electrons. The molecule has 4 aromatic carbocycles. The quantitative estimate of drug-likeness (QED) is 0.272. The van der Waals surface area contributed by atoms with Crippen LogP contribution >= 0.6 is 11.6 Å². The second-order valence-electron chi connectivity index (χ2n) is 8.14. The number of methoxy groups -OCH3 is 2. The summed E-state index contributed by atoms with van der Waals surface area (Å²) in [5.41, 5.74) is 3.20. The second-order valence-corrected chi connectivity index (χ2v) is 10.2. The van der Waals surface area contributed by atoms with Gasteiger partial charge in [-0.25, -0.2) is 8.42 Å². The first-order valence-corrected chi connectivity index (χ1v) is 13.1. The van der Waals surface area contributed by atoms with E-state index in [0.29, 0.717) is 17.0 Å². The topological polar surface area (TPSA) is 93.7 Å². The lowest BCUT2D eigenvalue weighted by atomic mass is 10.0. The van der Waals surface area contributed by atoms with E-state index in [0.717, 1.165) is 11.1 Å². The summed E-state index contributed by atoms with van der Waals surface area (Å²) in [4.78, 5) is 13.1. The minimum Gasteiger partial charge on any atom is -0.495 e. The predicted molar refractivity (Wildman–Crippen MR) is 146 cm³/mol. The molecular formula is C28H25ClN2O5S. The number of ether oxygens (including phenoxy) is 2. The Bertz CT molecular complexity index is 1560. The van der Waals surface area contributed by atoms with Gasteiger partial charge in [-0.2, -0.15) is 0 Å².